The van der Waals surface area contributed by atoms with Crippen LogP contribution in [0, 0.1) is 11.3 Å². The zero-order chi connectivity index (χ0) is 39.0. The van der Waals surface area contributed by atoms with Gasteiger partial charge in [0.25, 0.3) is 0 Å². The second-order valence-electron chi connectivity index (χ2n) is 14.7. The number of rotatable bonds is 5. The Bertz CT molecular complexity index is 3650. The van der Waals surface area contributed by atoms with Gasteiger partial charge in [-0.2, -0.15) is 5.26 Å². The van der Waals surface area contributed by atoms with Crippen molar-refractivity contribution in [1.29, 1.82) is 5.26 Å². The Balaban J connectivity index is 1.14. The van der Waals surface area contributed by atoms with Gasteiger partial charge < -0.3 is 9.13 Å². The summed E-state index contributed by atoms with van der Waals surface area (Å²) in [6.45, 7) is 0. The van der Waals surface area contributed by atoms with Gasteiger partial charge in [-0.25, -0.2) is 15.0 Å². The predicted molar refractivity (Wildman–Crippen MR) is 242 cm³/mol. The molecule has 0 atom stereocenters. The summed E-state index contributed by atoms with van der Waals surface area (Å²) in [5.41, 5.74) is 10.1. The van der Waals surface area contributed by atoms with Crippen LogP contribution in [0.2, 0.25) is 0 Å². The van der Waals surface area contributed by atoms with E-state index in [0.29, 0.717) is 23.0 Å². The van der Waals surface area contributed by atoms with Gasteiger partial charge in [0.1, 0.15) is 0 Å². The second kappa shape index (κ2) is 13.1. The number of nitriles is 1. The van der Waals surface area contributed by atoms with E-state index in [2.05, 4.69) is 143 Å². The van der Waals surface area contributed by atoms with E-state index in [9.17, 15) is 5.26 Å². The standard InChI is InChI=1S/C52H30N6S/c53-31-32-23-25-34(26-24-32)51-54-50(33-13-3-1-4-14-33)55-52(56-51)35-27-29-37(30-28-35)58-42-21-11-8-18-39(42)46-47-44(45-40-19-9-12-22-43(40)59-49(45)48(46)58)38-17-7-10-20-41(38)57(47)36-15-5-2-6-16-36/h1-30H. The zero-order valence-electron chi connectivity index (χ0n) is 31.4. The molecule has 8 aromatic carbocycles. The number of hydrogen-bond donors (Lipinski definition) is 0. The first kappa shape index (κ1) is 33.2. The summed E-state index contributed by atoms with van der Waals surface area (Å²) < 4.78 is 7.45. The van der Waals surface area contributed by atoms with Gasteiger partial charge in [0.2, 0.25) is 0 Å². The number of thiophene rings is 1. The summed E-state index contributed by atoms with van der Waals surface area (Å²) in [6.07, 6.45) is 0. The lowest BCUT2D eigenvalue weighted by Crippen LogP contribution is -2.00. The zero-order valence-corrected chi connectivity index (χ0v) is 32.2. The van der Waals surface area contributed by atoms with Crippen LogP contribution >= 0.6 is 11.3 Å². The molecule has 0 saturated heterocycles. The van der Waals surface area contributed by atoms with Gasteiger partial charge in [-0.1, -0.05) is 103 Å². The molecule has 0 fully saturated rings. The van der Waals surface area contributed by atoms with Crippen molar-refractivity contribution in [2.24, 2.45) is 0 Å². The third-order valence-corrected chi connectivity index (χ3v) is 12.6. The van der Waals surface area contributed by atoms with Crippen molar-refractivity contribution in [3.05, 3.63) is 188 Å². The minimum absolute atomic E-state index is 0.551. The second-order valence-corrected chi connectivity index (χ2v) is 15.8. The van der Waals surface area contributed by atoms with Crippen LogP contribution in [-0.4, -0.2) is 24.1 Å². The molecule has 12 rings (SSSR count). The van der Waals surface area contributed by atoms with E-state index >= 15 is 0 Å². The summed E-state index contributed by atoms with van der Waals surface area (Å²) in [7, 11) is 0. The van der Waals surface area contributed by atoms with Crippen molar-refractivity contribution in [3.63, 3.8) is 0 Å². The first-order chi connectivity index (χ1) is 29.2. The summed E-state index contributed by atoms with van der Waals surface area (Å²) in [5.74, 6) is 1.72. The monoisotopic (exact) mass is 770 g/mol. The van der Waals surface area contributed by atoms with Crippen LogP contribution in [0.5, 0.6) is 0 Å². The van der Waals surface area contributed by atoms with Gasteiger partial charge in [0.05, 0.1) is 38.4 Å². The number of para-hydroxylation sites is 3. The Hall–Kier alpha value is -7.92. The maximum absolute atomic E-state index is 9.42. The Morgan fingerprint density at radius 3 is 1.51 bits per heavy atom. The minimum Gasteiger partial charge on any atom is -0.309 e. The molecule has 0 aliphatic carbocycles. The summed E-state index contributed by atoms with van der Waals surface area (Å²) >= 11 is 1.87. The first-order valence-corrected chi connectivity index (χ1v) is 20.3. The van der Waals surface area contributed by atoms with Crippen molar-refractivity contribution in [2.75, 3.05) is 0 Å². The van der Waals surface area contributed by atoms with Gasteiger partial charge in [0.15, 0.2) is 17.5 Å². The highest BCUT2D eigenvalue weighted by Crippen LogP contribution is 2.51. The molecule has 0 amide bonds. The van der Waals surface area contributed by atoms with Crippen molar-refractivity contribution in [1.82, 2.24) is 24.1 Å². The smallest absolute Gasteiger partial charge is 0.164 e. The fourth-order valence-electron chi connectivity index (χ4n) is 8.80. The molecule has 0 bridgehead atoms. The highest BCUT2D eigenvalue weighted by atomic mass is 32.1. The van der Waals surface area contributed by atoms with Gasteiger partial charge in [0, 0.05) is 65.1 Å². The summed E-state index contributed by atoms with van der Waals surface area (Å²) in [6, 6.07) is 65.4. The lowest BCUT2D eigenvalue weighted by molar-refractivity contribution is 1.07. The quantitative estimate of drug-likeness (QED) is 0.175. The highest BCUT2D eigenvalue weighted by molar-refractivity contribution is 7.27. The van der Waals surface area contributed by atoms with Crippen LogP contribution < -0.4 is 0 Å². The van der Waals surface area contributed by atoms with Crippen molar-refractivity contribution in [2.45, 2.75) is 0 Å². The van der Waals surface area contributed by atoms with E-state index in [1.807, 2.05) is 53.8 Å². The van der Waals surface area contributed by atoms with E-state index in [1.165, 1.54) is 58.3 Å². The molecular weight excluding hydrogens is 741 g/mol. The van der Waals surface area contributed by atoms with Crippen LogP contribution in [-0.2, 0) is 0 Å². The predicted octanol–water partition coefficient (Wildman–Crippen LogP) is 13.3. The number of benzene rings is 8. The average Bonchev–Trinajstić information content (AvgIpc) is 3.98. The maximum atomic E-state index is 9.42. The molecule has 6 nitrogen and oxygen atoms in total. The molecule has 4 aromatic heterocycles. The van der Waals surface area contributed by atoms with Crippen LogP contribution in [0.25, 0.3) is 109 Å². The molecule has 0 N–H and O–H groups in total. The van der Waals surface area contributed by atoms with Gasteiger partial charge >= 0.3 is 0 Å². The fourth-order valence-corrected chi connectivity index (χ4v) is 10.1. The van der Waals surface area contributed by atoms with E-state index in [1.54, 1.807) is 12.1 Å². The van der Waals surface area contributed by atoms with Crippen LogP contribution in [0.4, 0.5) is 0 Å². The Kier molecular flexibility index (Phi) is 7.36. The summed E-state index contributed by atoms with van der Waals surface area (Å²) in [5, 5.41) is 16.9. The lowest BCUT2D eigenvalue weighted by atomic mass is 10.0. The SMILES string of the molecule is N#Cc1ccc(-c2nc(-c3ccccc3)nc(-c3ccc(-n4c5ccccc5c5c4c4sc6ccccc6c4c4c6ccccc6n(-c6ccccc6)c45)cc3)n2)cc1. The topological polar surface area (TPSA) is 72.3 Å². The lowest BCUT2D eigenvalue weighted by Gasteiger charge is -2.12. The average molecular weight is 771 g/mol. The number of hydrogen-bond acceptors (Lipinski definition) is 5. The third-order valence-electron chi connectivity index (χ3n) is 11.4. The molecule has 0 radical (unpaired) electrons. The van der Waals surface area contributed by atoms with E-state index in [4.69, 9.17) is 15.0 Å². The van der Waals surface area contributed by atoms with Crippen LogP contribution in [0.15, 0.2) is 182 Å². The third kappa shape index (κ3) is 5.07. The minimum atomic E-state index is 0.551. The van der Waals surface area contributed by atoms with E-state index in [-0.39, 0.29) is 0 Å². The van der Waals surface area contributed by atoms with E-state index in [0.717, 1.165) is 33.6 Å². The molecule has 0 aliphatic heterocycles. The molecule has 274 valence electrons. The maximum Gasteiger partial charge on any atom is 0.164 e. The Labute approximate surface area is 342 Å². The Morgan fingerprint density at radius 2 is 0.881 bits per heavy atom. The molecular formula is C52H30N6S. The van der Waals surface area contributed by atoms with Gasteiger partial charge in [-0.15, -0.1) is 11.3 Å². The Morgan fingerprint density at radius 1 is 0.407 bits per heavy atom. The highest BCUT2D eigenvalue weighted by Gasteiger charge is 2.26. The summed E-state index contributed by atoms with van der Waals surface area (Å²) in [4.78, 5) is 14.9. The molecule has 4 heterocycles. The first-order valence-electron chi connectivity index (χ1n) is 19.5. The molecule has 12 aromatic rings. The van der Waals surface area contributed by atoms with Crippen molar-refractivity contribution in [3.8, 4) is 51.6 Å². The molecule has 0 spiro atoms. The number of nitrogens with zero attached hydrogens (tertiary/aromatic N) is 6. The number of fused-ring (bicyclic) bond motifs is 12. The largest absolute Gasteiger partial charge is 0.309 e. The molecule has 0 aliphatic rings. The van der Waals surface area contributed by atoms with Crippen molar-refractivity contribution < 1.29 is 0 Å². The van der Waals surface area contributed by atoms with Crippen LogP contribution in [0.3, 0.4) is 0 Å². The van der Waals surface area contributed by atoms with Gasteiger partial charge in [-0.05, 0) is 78.9 Å². The van der Waals surface area contributed by atoms with Crippen molar-refractivity contribution >= 4 is 75.1 Å². The van der Waals surface area contributed by atoms with E-state index < -0.39 is 0 Å². The molecule has 0 saturated carbocycles. The molecule has 0 unspecified atom stereocenters. The molecule has 7 heteroatoms. The molecule has 59 heavy (non-hydrogen) atoms. The fraction of sp³-hybridized carbons (Fsp3) is 0. The normalized spacial score (nSPS) is 11.7. The van der Waals surface area contributed by atoms with Crippen LogP contribution in [0.1, 0.15) is 5.56 Å². The number of aromatic nitrogens is 5. The van der Waals surface area contributed by atoms with Gasteiger partial charge in [-0.3, -0.25) is 0 Å².